The van der Waals surface area contributed by atoms with Crippen molar-refractivity contribution in [3.8, 4) is 11.1 Å². The third-order valence-corrected chi connectivity index (χ3v) is 6.49. The number of aliphatic carboxylic acids is 1. The highest BCUT2D eigenvalue weighted by atomic mass is 16.5. The third kappa shape index (κ3) is 5.18. The van der Waals surface area contributed by atoms with Crippen LogP contribution < -0.4 is 5.32 Å². The highest BCUT2D eigenvalue weighted by molar-refractivity contribution is 5.82. The van der Waals surface area contributed by atoms with Gasteiger partial charge in [-0.15, -0.1) is 0 Å². The number of hydrogen-bond donors (Lipinski definition) is 2. The van der Waals surface area contributed by atoms with Gasteiger partial charge in [0.05, 0.1) is 6.42 Å². The van der Waals surface area contributed by atoms with E-state index in [4.69, 9.17) is 9.84 Å². The van der Waals surface area contributed by atoms with Gasteiger partial charge in [-0.05, 0) is 41.0 Å². The number of alkyl carbamates (subject to hydrolysis) is 1. The molecule has 2 aliphatic carbocycles. The van der Waals surface area contributed by atoms with Crippen LogP contribution in [-0.4, -0.2) is 54.2 Å². The smallest absolute Gasteiger partial charge is 0.407 e. The lowest BCUT2D eigenvalue weighted by molar-refractivity contribution is -0.139. The fraction of sp³-hybridized carbons (Fsp3) is 0.423. The van der Waals surface area contributed by atoms with Crippen molar-refractivity contribution in [1.29, 1.82) is 0 Å². The molecule has 33 heavy (non-hydrogen) atoms. The van der Waals surface area contributed by atoms with E-state index in [1.165, 1.54) is 11.1 Å². The van der Waals surface area contributed by atoms with E-state index in [0.717, 1.165) is 17.5 Å². The van der Waals surface area contributed by atoms with Gasteiger partial charge in [0, 0.05) is 31.5 Å². The van der Waals surface area contributed by atoms with Gasteiger partial charge in [0.2, 0.25) is 5.91 Å². The second-order valence-corrected chi connectivity index (χ2v) is 8.78. The molecule has 4 rings (SSSR count). The zero-order valence-corrected chi connectivity index (χ0v) is 18.8. The number of carboxylic acid groups (broad SMARTS) is 1. The second-order valence-electron chi connectivity index (χ2n) is 8.78. The van der Waals surface area contributed by atoms with Gasteiger partial charge in [0.15, 0.2) is 0 Å². The van der Waals surface area contributed by atoms with Gasteiger partial charge in [-0.1, -0.05) is 55.5 Å². The summed E-state index contributed by atoms with van der Waals surface area (Å²) in [6.07, 6.45) is 0.948. The molecule has 0 bridgehead atoms. The molecule has 0 aromatic heterocycles. The van der Waals surface area contributed by atoms with Gasteiger partial charge in [0.25, 0.3) is 0 Å². The van der Waals surface area contributed by atoms with Gasteiger partial charge < -0.3 is 20.1 Å². The van der Waals surface area contributed by atoms with E-state index in [1.807, 2.05) is 31.2 Å². The normalized spacial score (nSPS) is 18.2. The van der Waals surface area contributed by atoms with Crippen molar-refractivity contribution in [1.82, 2.24) is 10.2 Å². The summed E-state index contributed by atoms with van der Waals surface area (Å²) < 4.78 is 5.55. The van der Waals surface area contributed by atoms with Crippen LogP contribution in [0.2, 0.25) is 0 Å². The molecule has 0 saturated heterocycles. The molecule has 0 spiro atoms. The Morgan fingerprint density at radius 1 is 1.03 bits per heavy atom. The topological polar surface area (TPSA) is 95.9 Å². The number of nitrogens with one attached hydrogen (secondary N) is 1. The molecule has 2 N–H and O–H groups in total. The average molecular weight is 451 g/mol. The second kappa shape index (κ2) is 10.1. The Labute approximate surface area is 193 Å². The van der Waals surface area contributed by atoms with E-state index in [2.05, 4.69) is 29.6 Å². The van der Waals surface area contributed by atoms with Crippen LogP contribution in [0.3, 0.4) is 0 Å². The molecule has 2 amide bonds. The standard InChI is InChI=1S/C26H30N2O5/c1-2-12-28(13-11-24(29)30)25(31)22-14-17(22)15-27-26(32)33-16-23-20-9-5-3-7-18(20)19-8-4-6-10-21(19)23/h3-10,17,22-23H,2,11-16H2,1H3,(H,27,32)(H,29,30). The molecule has 1 fully saturated rings. The number of hydrogen-bond acceptors (Lipinski definition) is 4. The van der Waals surface area contributed by atoms with Crippen LogP contribution in [0.5, 0.6) is 0 Å². The molecule has 2 aromatic carbocycles. The molecule has 7 nitrogen and oxygen atoms in total. The number of ether oxygens (including phenoxy) is 1. The van der Waals surface area contributed by atoms with Crippen LogP contribution in [0.25, 0.3) is 11.1 Å². The third-order valence-electron chi connectivity index (χ3n) is 6.49. The molecule has 0 aliphatic heterocycles. The fourth-order valence-electron chi connectivity index (χ4n) is 4.71. The molecule has 174 valence electrons. The highest BCUT2D eigenvalue weighted by Gasteiger charge is 2.44. The Morgan fingerprint density at radius 2 is 1.67 bits per heavy atom. The molecule has 0 radical (unpaired) electrons. The lowest BCUT2D eigenvalue weighted by atomic mass is 9.98. The molecule has 2 aromatic rings. The van der Waals surface area contributed by atoms with E-state index in [1.54, 1.807) is 4.90 Å². The van der Waals surface area contributed by atoms with Crippen LogP contribution >= 0.6 is 0 Å². The maximum Gasteiger partial charge on any atom is 0.407 e. The van der Waals surface area contributed by atoms with Crippen LogP contribution in [0.1, 0.15) is 43.2 Å². The van der Waals surface area contributed by atoms with Gasteiger partial charge >= 0.3 is 12.1 Å². The summed E-state index contributed by atoms with van der Waals surface area (Å²) in [5, 5.41) is 11.7. The van der Waals surface area contributed by atoms with Crippen molar-refractivity contribution in [2.45, 2.75) is 32.1 Å². The molecular weight excluding hydrogens is 420 g/mol. The summed E-state index contributed by atoms with van der Waals surface area (Å²) in [5.74, 6) is -0.998. The summed E-state index contributed by atoms with van der Waals surface area (Å²) in [6.45, 7) is 3.38. The van der Waals surface area contributed by atoms with Crippen molar-refractivity contribution in [2.75, 3.05) is 26.2 Å². The predicted molar refractivity (Wildman–Crippen MR) is 124 cm³/mol. The number of fused-ring (bicyclic) bond motifs is 3. The predicted octanol–water partition coefficient (Wildman–Crippen LogP) is 3.87. The number of rotatable bonds is 10. The molecule has 2 aliphatic rings. The monoisotopic (exact) mass is 450 g/mol. The van der Waals surface area contributed by atoms with Gasteiger partial charge in [-0.25, -0.2) is 4.79 Å². The Kier molecular flexibility index (Phi) is 6.96. The largest absolute Gasteiger partial charge is 0.481 e. The Balaban J connectivity index is 1.26. The Hall–Kier alpha value is -3.35. The molecule has 0 heterocycles. The van der Waals surface area contributed by atoms with Crippen LogP contribution in [-0.2, 0) is 14.3 Å². The van der Waals surface area contributed by atoms with E-state index in [9.17, 15) is 14.4 Å². The zero-order valence-electron chi connectivity index (χ0n) is 18.8. The van der Waals surface area contributed by atoms with Crippen molar-refractivity contribution in [3.63, 3.8) is 0 Å². The SMILES string of the molecule is CCCN(CCC(=O)O)C(=O)C1CC1CNC(=O)OCC1c2ccccc2-c2ccccc21. The minimum Gasteiger partial charge on any atom is -0.481 e. The maximum atomic E-state index is 12.7. The van der Waals surface area contributed by atoms with Crippen molar-refractivity contribution in [3.05, 3.63) is 59.7 Å². The molecule has 2 atom stereocenters. The molecular formula is C26H30N2O5. The van der Waals surface area contributed by atoms with Crippen molar-refractivity contribution in [2.24, 2.45) is 11.8 Å². The van der Waals surface area contributed by atoms with E-state index in [-0.39, 0.29) is 43.2 Å². The van der Waals surface area contributed by atoms with Crippen molar-refractivity contribution >= 4 is 18.0 Å². The zero-order chi connectivity index (χ0) is 23.4. The Bertz CT molecular complexity index is 991. The van der Waals surface area contributed by atoms with E-state index < -0.39 is 12.1 Å². The van der Waals surface area contributed by atoms with E-state index in [0.29, 0.717) is 19.5 Å². The summed E-state index contributed by atoms with van der Waals surface area (Å²) in [4.78, 5) is 37.5. The van der Waals surface area contributed by atoms with Gasteiger partial charge in [-0.2, -0.15) is 0 Å². The average Bonchev–Trinajstić information content (AvgIpc) is 3.53. The Morgan fingerprint density at radius 3 is 2.27 bits per heavy atom. The number of carbonyl (C=O) groups is 3. The number of amides is 2. The molecule has 7 heteroatoms. The lowest BCUT2D eigenvalue weighted by Crippen LogP contribution is -2.36. The summed E-state index contributed by atoms with van der Waals surface area (Å²) in [7, 11) is 0. The number of benzene rings is 2. The van der Waals surface area contributed by atoms with E-state index >= 15 is 0 Å². The first-order valence-corrected chi connectivity index (χ1v) is 11.6. The van der Waals surface area contributed by atoms with Gasteiger partial charge in [0.1, 0.15) is 6.61 Å². The first kappa shape index (κ1) is 22.8. The molecule has 1 saturated carbocycles. The van der Waals surface area contributed by atoms with Gasteiger partial charge in [-0.3, -0.25) is 9.59 Å². The lowest BCUT2D eigenvalue weighted by Gasteiger charge is -2.21. The minimum absolute atomic E-state index is 0.00948. The summed E-state index contributed by atoms with van der Waals surface area (Å²) in [6, 6.07) is 16.4. The quantitative estimate of drug-likeness (QED) is 0.573. The van der Waals surface area contributed by atoms with Crippen LogP contribution in [0.15, 0.2) is 48.5 Å². The maximum absolute atomic E-state index is 12.7. The number of nitrogens with zero attached hydrogens (tertiary/aromatic N) is 1. The van der Waals surface area contributed by atoms with Crippen LogP contribution in [0.4, 0.5) is 4.79 Å². The van der Waals surface area contributed by atoms with Crippen molar-refractivity contribution < 1.29 is 24.2 Å². The minimum atomic E-state index is -0.909. The fourth-order valence-corrected chi connectivity index (χ4v) is 4.71. The first-order chi connectivity index (χ1) is 16.0. The summed E-state index contributed by atoms with van der Waals surface area (Å²) >= 11 is 0. The summed E-state index contributed by atoms with van der Waals surface area (Å²) in [5.41, 5.74) is 4.69. The first-order valence-electron chi connectivity index (χ1n) is 11.6. The number of carboxylic acids is 1. The number of carbonyl (C=O) groups excluding carboxylic acids is 2. The van der Waals surface area contributed by atoms with Crippen LogP contribution in [0, 0.1) is 11.8 Å². The molecule has 2 unspecified atom stereocenters. The highest BCUT2D eigenvalue weighted by Crippen LogP contribution is 2.44.